The molecule has 0 aliphatic heterocycles. The van der Waals surface area contributed by atoms with Crippen LogP contribution in [0.3, 0.4) is 0 Å². The van der Waals surface area contributed by atoms with Gasteiger partial charge in [-0.1, -0.05) is 25.8 Å². The molecule has 0 aromatic rings. The summed E-state index contributed by atoms with van der Waals surface area (Å²) in [5.41, 5.74) is -0.708. The number of allylic oxidation sites excluding steroid dienone is 1. The average molecular weight is 333 g/mol. The minimum absolute atomic E-state index is 0.0744. The topological polar surface area (TPSA) is 70.3 Å². The predicted molar refractivity (Wildman–Crippen MR) is 93.3 cm³/mol. The van der Waals surface area contributed by atoms with Crippen molar-refractivity contribution in [3.63, 3.8) is 0 Å². The number of carbonyl (C=O) groups is 1. The highest BCUT2D eigenvalue weighted by atomic mass is 16.5. The Labute approximate surface area is 145 Å². The number of carbonyl (C=O) groups excluding carboxylic acids is 1. The first-order chi connectivity index (χ1) is 11.6. The Balaban J connectivity index is 1.81. The van der Waals surface area contributed by atoms with Gasteiger partial charge < -0.3 is 9.84 Å². The van der Waals surface area contributed by atoms with Crippen molar-refractivity contribution >= 4 is 5.78 Å². The number of ether oxygens (including phenoxy) is 1. The van der Waals surface area contributed by atoms with Crippen LogP contribution in [0.2, 0.25) is 0 Å². The number of unbranched alkanes of at least 4 members (excludes halogenated alkanes) is 3. The second-order valence-electron chi connectivity index (χ2n) is 7.35. The van der Waals surface area contributed by atoms with Crippen LogP contribution >= 0.6 is 0 Å². The van der Waals surface area contributed by atoms with E-state index < -0.39 is 5.60 Å². The summed E-state index contributed by atoms with van der Waals surface area (Å²) in [6.07, 6.45) is 12.3. The van der Waals surface area contributed by atoms with Crippen molar-refractivity contribution in [2.45, 2.75) is 82.8 Å². The molecule has 0 unspecified atom stereocenters. The van der Waals surface area contributed by atoms with Crippen molar-refractivity contribution in [1.82, 2.24) is 0 Å². The summed E-state index contributed by atoms with van der Waals surface area (Å²) in [6, 6.07) is 2.12. The molecule has 0 amide bonds. The molecule has 2 saturated carbocycles. The molecule has 0 aromatic carbocycles. The third kappa shape index (κ3) is 4.91. The SMILES string of the molecule is CCCCCC(=O)C=C[C@H]1CC[C@@H]2C[C@H](OCCCC#N)C[C@]21O. The molecule has 2 aliphatic carbocycles. The first kappa shape index (κ1) is 19.1. The van der Waals surface area contributed by atoms with Crippen LogP contribution in [-0.4, -0.2) is 29.2 Å². The molecular formula is C20H31NO3. The van der Waals surface area contributed by atoms with Gasteiger partial charge in [-0.3, -0.25) is 4.79 Å². The fraction of sp³-hybridized carbons (Fsp3) is 0.800. The highest BCUT2D eigenvalue weighted by Crippen LogP contribution is 2.52. The Morgan fingerprint density at radius 2 is 2.21 bits per heavy atom. The quantitative estimate of drug-likeness (QED) is 0.486. The molecule has 0 radical (unpaired) electrons. The summed E-state index contributed by atoms with van der Waals surface area (Å²) in [6.45, 7) is 2.73. The van der Waals surface area contributed by atoms with Crippen LogP contribution in [0.15, 0.2) is 12.2 Å². The molecular weight excluding hydrogens is 302 g/mol. The van der Waals surface area contributed by atoms with Gasteiger partial charge in [-0.15, -0.1) is 0 Å². The molecule has 0 bridgehead atoms. The lowest BCUT2D eigenvalue weighted by Gasteiger charge is -2.28. The van der Waals surface area contributed by atoms with Gasteiger partial charge in [0.15, 0.2) is 5.78 Å². The van der Waals surface area contributed by atoms with Crippen LogP contribution in [0.5, 0.6) is 0 Å². The van der Waals surface area contributed by atoms with Crippen molar-refractivity contribution in [3.05, 3.63) is 12.2 Å². The maximum absolute atomic E-state index is 11.9. The number of fused-ring (bicyclic) bond motifs is 1. The fourth-order valence-electron chi connectivity index (χ4n) is 4.24. The molecule has 0 aromatic heterocycles. The van der Waals surface area contributed by atoms with E-state index in [2.05, 4.69) is 13.0 Å². The molecule has 1 N–H and O–H groups in total. The summed E-state index contributed by atoms with van der Waals surface area (Å²) >= 11 is 0. The van der Waals surface area contributed by atoms with E-state index in [0.717, 1.165) is 44.9 Å². The number of hydrogen-bond acceptors (Lipinski definition) is 4. The largest absolute Gasteiger partial charge is 0.389 e. The normalized spacial score (nSPS) is 32.1. The highest BCUT2D eigenvalue weighted by molar-refractivity contribution is 5.89. The zero-order chi connectivity index (χ0) is 17.4. The molecule has 0 heterocycles. The number of hydrogen-bond donors (Lipinski definition) is 1. The molecule has 0 saturated heterocycles. The van der Waals surface area contributed by atoms with E-state index in [1.54, 1.807) is 6.08 Å². The Morgan fingerprint density at radius 3 is 2.96 bits per heavy atom. The van der Waals surface area contributed by atoms with Crippen molar-refractivity contribution < 1.29 is 14.6 Å². The smallest absolute Gasteiger partial charge is 0.155 e. The Morgan fingerprint density at radius 1 is 1.38 bits per heavy atom. The van der Waals surface area contributed by atoms with Gasteiger partial charge in [0.2, 0.25) is 0 Å². The number of ketones is 1. The third-order valence-electron chi connectivity index (χ3n) is 5.60. The van der Waals surface area contributed by atoms with E-state index in [1.807, 2.05) is 6.08 Å². The standard InChI is InChI=1S/C20H31NO3/c1-2-3-4-7-18(22)11-10-16-8-9-17-14-19(15-20(16,17)23)24-13-6-5-12-21/h10-11,16-17,19,23H,2-9,13-15H2,1H3/t16-,17-,19+,20-/m1/s1. The van der Waals surface area contributed by atoms with Crippen molar-refractivity contribution in [2.24, 2.45) is 11.8 Å². The third-order valence-corrected chi connectivity index (χ3v) is 5.60. The lowest BCUT2D eigenvalue weighted by Crippen LogP contribution is -2.35. The number of nitrogens with zero attached hydrogens (tertiary/aromatic N) is 1. The summed E-state index contributed by atoms with van der Waals surface area (Å²) in [4.78, 5) is 11.9. The van der Waals surface area contributed by atoms with Crippen LogP contribution < -0.4 is 0 Å². The van der Waals surface area contributed by atoms with Crippen molar-refractivity contribution in [2.75, 3.05) is 6.61 Å². The van der Waals surface area contributed by atoms with Gasteiger partial charge in [-0.2, -0.15) is 5.26 Å². The van der Waals surface area contributed by atoms with Crippen LogP contribution in [0.1, 0.15) is 71.1 Å². The van der Waals surface area contributed by atoms with Gasteiger partial charge in [0.1, 0.15) is 0 Å². The number of nitriles is 1. The second kappa shape index (κ2) is 9.34. The van der Waals surface area contributed by atoms with Gasteiger partial charge in [-0.05, 0) is 44.1 Å². The molecule has 4 atom stereocenters. The van der Waals surface area contributed by atoms with Crippen LogP contribution in [0.4, 0.5) is 0 Å². The highest BCUT2D eigenvalue weighted by Gasteiger charge is 2.54. The van der Waals surface area contributed by atoms with E-state index >= 15 is 0 Å². The van der Waals surface area contributed by atoms with Crippen molar-refractivity contribution in [1.29, 1.82) is 5.26 Å². The number of rotatable bonds is 10. The van der Waals surface area contributed by atoms with E-state index in [0.29, 0.717) is 25.9 Å². The molecule has 4 heteroatoms. The van der Waals surface area contributed by atoms with Gasteiger partial charge in [0, 0.05) is 31.8 Å². The monoisotopic (exact) mass is 333 g/mol. The Kier molecular flexibility index (Phi) is 7.45. The Hall–Kier alpha value is -1.18. The summed E-state index contributed by atoms with van der Waals surface area (Å²) in [7, 11) is 0. The fourth-order valence-corrected chi connectivity index (χ4v) is 4.24. The first-order valence-corrected chi connectivity index (χ1v) is 9.52. The molecule has 0 spiro atoms. The van der Waals surface area contributed by atoms with Gasteiger partial charge in [0.25, 0.3) is 0 Å². The molecule has 134 valence electrons. The van der Waals surface area contributed by atoms with Gasteiger partial charge >= 0.3 is 0 Å². The predicted octanol–water partition coefficient (Wildman–Crippen LogP) is 3.93. The lowest BCUT2D eigenvalue weighted by molar-refractivity contribution is -0.114. The second-order valence-corrected chi connectivity index (χ2v) is 7.35. The average Bonchev–Trinajstić information content (AvgIpc) is 3.03. The number of aliphatic hydroxyl groups is 1. The summed E-state index contributed by atoms with van der Waals surface area (Å²) < 4.78 is 5.84. The van der Waals surface area contributed by atoms with E-state index in [9.17, 15) is 9.90 Å². The molecule has 2 aliphatic rings. The van der Waals surface area contributed by atoms with Crippen LogP contribution in [0.25, 0.3) is 0 Å². The summed E-state index contributed by atoms with van der Waals surface area (Å²) in [5, 5.41) is 19.7. The van der Waals surface area contributed by atoms with Crippen LogP contribution in [0, 0.1) is 23.2 Å². The molecule has 2 rings (SSSR count). The van der Waals surface area contributed by atoms with E-state index in [4.69, 9.17) is 10.00 Å². The lowest BCUT2D eigenvalue weighted by atomic mass is 9.86. The van der Waals surface area contributed by atoms with Crippen LogP contribution in [-0.2, 0) is 9.53 Å². The van der Waals surface area contributed by atoms with E-state index in [1.165, 1.54) is 0 Å². The maximum Gasteiger partial charge on any atom is 0.155 e. The van der Waals surface area contributed by atoms with E-state index in [-0.39, 0.29) is 23.7 Å². The molecule has 2 fully saturated rings. The first-order valence-electron chi connectivity index (χ1n) is 9.52. The van der Waals surface area contributed by atoms with Gasteiger partial charge in [0.05, 0.1) is 17.8 Å². The summed E-state index contributed by atoms with van der Waals surface area (Å²) in [5.74, 6) is 0.534. The minimum Gasteiger partial charge on any atom is -0.389 e. The van der Waals surface area contributed by atoms with Crippen molar-refractivity contribution in [3.8, 4) is 6.07 Å². The van der Waals surface area contributed by atoms with Gasteiger partial charge in [-0.25, -0.2) is 0 Å². The maximum atomic E-state index is 11.9. The zero-order valence-electron chi connectivity index (χ0n) is 14.9. The zero-order valence-corrected chi connectivity index (χ0v) is 14.9. The minimum atomic E-state index is -0.708. The molecule has 24 heavy (non-hydrogen) atoms. The molecule has 4 nitrogen and oxygen atoms in total. The Bertz CT molecular complexity index is 482.